The van der Waals surface area contributed by atoms with E-state index < -0.39 is 55.5 Å². The zero-order valence-corrected chi connectivity index (χ0v) is 15.0. The summed E-state index contributed by atoms with van der Waals surface area (Å²) in [5.74, 6) is -3.45. The minimum atomic E-state index is -1.33. The number of carbonyl (C=O) groups excluding carboxylic acids is 3. The predicted octanol–water partition coefficient (Wildman–Crippen LogP) is -4.37. The molecule has 13 nitrogen and oxygen atoms in total. The molecule has 0 aromatic carbocycles. The van der Waals surface area contributed by atoms with E-state index in [9.17, 15) is 19.2 Å². The monoisotopic (exact) mass is 389 g/mol. The number of aliphatic hydroxyl groups is 1. The molecule has 10 N–H and O–H groups in total. The van der Waals surface area contributed by atoms with Gasteiger partial charge in [-0.2, -0.15) is 0 Å². The van der Waals surface area contributed by atoms with Gasteiger partial charge in [0.1, 0.15) is 12.6 Å². The number of guanidine groups is 1. The lowest BCUT2D eigenvalue weighted by atomic mass is 10.1. The number of amides is 3. The number of aliphatic carboxylic acids is 1. The van der Waals surface area contributed by atoms with Gasteiger partial charge in [0.25, 0.3) is 0 Å². The molecule has 0 saturated carbocycles. The summed E-state index contributed by atoms with van der Waals surface area (Å²) in [5, 5.41) is 36.6. The Morgan fingerprint density at radius 1 is 1.04 bits per heavy atom. The Bertz CT molecular complexity index is 542. The molecule has 0 heterocycles. The second-order valence-corrected chi connectivity index (χ2v) is 5.46. The second kappa shape index (κ2) is 13.3. The number of hydrogen-bond donors (Lipinski definition) is 9. The topological polar surface area (TPSA) is 219 Å². The normalized spacial score (nSPS) is 12.4. The van der Waals surface area contributed by atoms with Crippen molar-refractivity contribution in [1.29, 1.82) is 5.41 Å². The van der Waals surface area contributed by atoms with Crippen molar-refractivity contribution in [3.8, 4) is 0 Å². The predicted molar refractivity (Wildman–Crippen MR) is 94.7 cm³/mol. The van der Waals surface area contributed by atoms with Crippen LogP contribution in [0.2, 0.25) is 0 Å². The van der Waals surface area contributed by atoms with Crippen LogP contribution in [0, 0.1) is 5.41 Å². The van der Waals surface area contributed by atoms with Crippen LogP contribution in [0.25, 0.3) is 0 Å². The highest BCUT2D eigenvalue weighted by Crippen LogP contribution is 1.96. The van der Waals surface area contributed by atoms with Gasteiger partial charge in [0.05, 0.1) is 19.2 Å². The van der Waals surface area contributed by atoms with Gasteiger partial charge < -0.3 is 42.5 Å². The smallest absolute Gasteiger partial charge is 0.322 e. The Hall–Kier alpha value is -2.93. The zero-order valence-electron chi connectivity index (χ0n) is 15.0. The fourth-order valence-electron chi connectivity index (χ4n) is 1.95. The van der Waals surface area contributed by atoms with Crippen LogP contribution < -0.4 is 32.3 Å². The van der Waals surface area contributed by atoms with E-state index in [-0.39, 0.29) is 5.96 Å². The lowest BCUT2D eigenvalue weighted by Crippen LogP contribution is -2.53. The Labute approximate surface area is 155 Å². The lowest BCUT2D eigenvalue weighted by molar-refractivity contribution is -0.138. The van der Waals surface area contributed by atoms with Crippen molar-refractivity contribution < 1.29 is 29.4 Å². The van der Waals surface area contributed by atoms with Crippen molar-refractivity contribution in [2.24, 2.45) is 5.73 Å². The summed E-state index contributed by atoms with van der Waals surface area (Å²) in [6, 6.07) is -1.90. The van der Waals surface area contributed by atoms with Gasteiger partial charge in [-0.1, -0.05) is 0 Å². The molecule has 0 saturated heterocycles. The molecule has 27 heavy (non-hydrogen) atoms. The summed E-state index contributed by atoms with van der Waals surface area (Å²) in [6.45, 7) is -1.38. The fraction of sp³-hybridized carbons (Fsp3) is 0.643. The highest BCUT2D eigenvalue weighted by Gasteiger charge is 2.21. The number of aliphatic hydroxyl groups excluding tert-OH is 1. The molecular weight excluding hydrogens is 362 g/mol. The van der Waals surface area contributed by atoms with E-state index in [0.717, 1.165) is 0 Å². The first-order valence-corrected chi connectivity index (χ1v) is 8.13. The molecule has 0 spiro atoms. The standard InChI is InChI=1S/C14H27N7O6/c1-17-8(3-2-4-18-14(15)16)12(26)19-5-10(23)21-9(7-22)13(27)20-6-11(24)25/h8-9,17,22H,2-7H2,1H3,(H,19,26)(H,20,27)(H,21,23)(H,24,25)(H4,15,16,18)/t8?,9-/m0/s1. The fourth-order valence-corrected chi connectivity index (χ4v) is 1.95. The molecule has 0 aliphatic carbocycles. The van der Waals surface area contributed by atoms with Crippen LogP contribution in [0.3, 0.4) is 0 Å². The molecule has 2 atom stereocenters. The summed E-state index contributed by atoms with van der Waals surface area (Å²) >= 11 is 0. The van der Waals surface area contributed by atoms with Crippen LogP contribution in [0.4, 0.5) is 0 Å². The summed E-state index contributed by atoms with van der Waals surface area (Å²) in [4.78, 5) is 45.9. The van der Waals surface area contributed by atoms with Crippen molar-refractivity contribution in [2.45, 2.75) is 24.9 Å². The van der Waals surface area contributed by atoms with Crippen molar-refractivity contribution in [1.82, 2.24) is 26.6 Å². The Morgan fingerprint density at radius 3 is 2.15 bits per heavy atom. The average Bonchev–Trinajstić information content (AvgIpc) is 2.61. The van der Waals surface area contributed by atoms with Gasteiger partial charge in [-0.3, -0.25) is 24.6 Å². The van der Waals surface area contributed by atoms with Crippen molar-refractivity contribution in [3.63, 3.8) is 0 Å². The third-order valence-electron chi connectivity index (χ3n) is 3.32. The molecule has 0 radical (unpaired) electrons. The maximum Gasteiger partial charge on any atom is 0.322 e. The molecule has 1 unspecified atom stereocenters. The van der Waals surface area contributed by atoms with Gasteiger partial charge >= 0.3 is 5.97 Å². The number of carbonyl (C=O) groups is 4. The van der Waals surface area contributed by atoms with Gasteiger partial charge in [0, 0.05) is 6.54 Å². The van der Waals surface area contributed by atoms with E-state index in [4.69, 9.17) is 21.4 Å². The molecule has 0 aromatic rings. The van der Waals surface area contributed by atoms with E-state index in [1.807, 2.05) is 5.32 Å². The van der Waals surface area contributed by atoms with Crippen LogP contribution in [-0.4, -0.2) is 85.2 Å². The van der Waals surface area contributed by atoms with Gasteiger partial charge in [0.2, 0.25) is 17.7 Å². The Kier molecular flexibility index (Phi) is 11.9. The van der Waals surface area contributed by atoms with Gasteiger partial charge in [-0.25, -0.2) is 0 Å². The minimum Gasteiger partial charge on any atom is -0.480 e. The van der Waals surface area contributed by atoms with E-state index in [1.165, 1.54) is 0 Å². The van der Waals surface area contributed by atoms with Crippen molar-refractivity contribution in [3.05, 3.63) is 0 Å². The third kappa shape index (κ3) is 11.3. The van der Waals surface area contributed by atoms with Gasteiger partial charge in [-0.05, 0) is 19.9 Å². The van der Waals surface area contributed by atoms with Crippen LogP contribution in [0.15, 0.2) is 0 Å². The van der Waals surface area contributed by atoms with Crippen molar-refractivity contribution >= 4 is 29.7 Å². The first kappa shape index (κ1) is 24.1. The van der Waals surface area contributed by atoms with E-state index >= 15 is 0 Å². The zero-order chi connectivity index (χ0) is 20.8. The summed E-state index contributed by atoms with van der Waals surface area (Å²) in [7, 11) is 1.58. The van der Waals surface area contributed by atoms with Gasteiger partial charge in [-0.15, -0.1) is 0 Å². The van der Waals surface area contributed by atoms with E-state index in [0.29, 0.717) is 19.4 Å². The summed E-state index contributed by atoms with van der Waals surface area (Å²) in [6.07, 6.45) is 0.988. The first-order chi connectivity index (χ1) is 12.7. The summed E-state index contributed by atoms with van der Waals surface area (Å²) in [5.41, 5.74) is 5.15. The van der Waals surface area contributed by atoms with E-state index in [2.05, 4.69) is 21.3 Å². The SMILES string of the molecule is CNC(CCCNC(=N)N)C(=O)NCC(=O)N[C@@H](CO)C(=O)NCC(=O)O. The quantitative estimate of drug-likeness (QED) is 0.0842. The highest BCUT2D eigenvalue weighted by molar-refractivity contribution is 5.92. The largest absolute Gasteiger partial charge is 0.480 e. The number of nitrogens with two attached hydrogens (primary N) is 1. The molecule has 0 fully saturated rings. The number of rotatable bonds is 13. The van der Waals surface area contributed by atoms with Crippen LogP contribution in [0.5, 0.6) is 0 Å². The third-order valence-corrected chi connectivity index (χ3v) is 3.32. The summed E-state index contributed by atoms with van der Waals surface area (Å²) < 4.78 is 0. The highest BCUT2D eigenvalue weighted by atomic mass is 16.4. The lowest BCUT2D eigenvalue weighted by Gasteiger charge is -2.18. The molecule has 13 heteroatoms. The minimum absolute atomic E-state index is 0.164. The van der Waals surface area contributed by atoms with Crippen molar-refractivity contribution in [2.75, 3.05) is 33.3 Å². The molecule has 0 bridgehead atoms. The van der Waals surface area contributed by atoms with Gasteiger partial charge in [0.15, 0.2) is 5.96 Å². The Morgan fingerprint density at radius 2 is 1.63 bits per heavy atom. The first-order valence-electron chi connectivity index (χ1n) is 8.13. The number of carboxylic acids is 1. The van der Waals surface area contributed by atoms with Crippen LogP contribution in [-0.2, 0) is 19.2 Å². The molecule has 0 aromatic heterocycles. The molecule has 0 rings (SSSR count). The number of nitrogens with one attached hydrogen (secondary N) is 6. The molecule has 154 valence electrons. The molecule has 0 aliphatic heterocycles. The van der Waals surface area contributed by atoms with Crippen LogP contribution in [0.1, 0.15) is 12.8 Å². The maximum absolute atomic E-state index is 12.0. The maximum atomic E-state index is 12.0. The molecule has 3 amide bonds. The van der Waals surface area contributed by atoms with Crippen LogP contribution >= 0.6 is 0 Å². The Balaban J connectivity index is 4.31. The average molecular weight is 389 g/mol. The van der Waals surface area contributed by atoms with E-state index in [1.54, 1.807) is 7.05 Å². The second-order valence-electron chi connectivity index (χ2n) is 5.46. The number of carboxylic acid groups (broad SMARTS) is 1. The number of likely N-dealkylation sites (N-methyl/N-ethyl adjacent to an activating group) is 1. The molecular formula is C14H27N7O6. The number of hydrogen-bond acceptors (Lipinski definition) is 7. The molecule has 0 aliphatic rings.